The maximum atomic E-state index is 13.1. The van der Waals surface area contributed by atoms with E-state index in [1.54, 1.807) is 0 Å². The van der Waals surface area contributed by atoms with Crippen LogP contribution in [0.2, 0.25) is 0 Å². The SMILES string of the molecule is O=[N+]([O-])c1cc(F)c(Br)cc1NCC(O)CO. The summed E-state index contributed by atoms with van der Waals surface area (Å²) < 4.78 is 13.2. The number of halogens is 2. The lowest BCUT2D eigenvalue weighted by molar-refractivity contribution is -0.384. The maximum absolute atomic E-state index is 13.1. The summed E-state index contributed by atoms with van der Waals surface area (Å²) >= 11 is 2.90. The molecule has 1 unspecified atom stereocenters. The number of benzene rings is 1. The first-order valence-corrected chi connectivity index (χ1v) is 5.41. The number of hydrogen-bond donors (Lipinski definition) is 3. The van der Waals surface area contributed by atoms with Gasteiger partial charge in [0.25, 0.3) is 5.69 Å². The molecule has 94 valence electrons. The lowest BCUT2D eigenvalue weighted by Crippen LogP contribution is -2.23. The van der Waals surface area contributed by atoms with Gasteiger partial charge in [-0.05, 0) is 22.0 Å². The molecule has 0 fully saturated rings. The van der Waals surface area contributed by atoms with Crippen molar-refractivity contribution in [2.24, 2.45) is 0 Å². The molecule has 1 aromatic carbocycles. The molecule has 1 aromatic rings. The van der Waals surface area contributed by atoms with Gasteiger partial charge < -0.3 is 15.5 Å². The summed E-state index contributed by atoms with van der Waals surface area (Å²) in [7, 11) is 0. The number of nitrogens with zero attached hydrogens (tertiary/aromatic N) is 1. The predicted octanol–water partition coefficient (Wildman–Crippen LogP) is 1.26. The maximum Gasteiger partial charge on any atom is 0.295 e. The third-order valence-corrected chi connectivity index (χ3v) is 2.58. The lowest BCUT2D eigenvalue weighted by Gasteiger charge is -2.11. The van der Waals surface area contributed by atoms with Gasteiger partial charge in [0.15, 0.2) is 0 Å². The molecule has 3 N–H and O–H groups in total. The molecule has 0 saturated heterocycles. The number of rotatable bonds is 5. The highest BCUT2D eigenvalue weighted by Crippen LogP contribution is 2.30. The number of hydrogen-bond acceptors (Lipinski definition) is 5. The number of aliphatic hydroxyl groups is 2. The Morgan fingerprint density at radius 2 is 2.24 bits per heavy atom. The first-order chi connectivity index (χ1) is 7.95. The summed E-state index contributed by atoms with van der Waals surface area (Å²) in [6.45, 7) is -0.543. The second kappa shape index (κ2) is 5.89. The molecule has 0 amide bonds. The quantitative estimate of drug-likeness (QED) is 0.562. The van der Waals surface area contributed by atoms with Crippen LogP contribution in [0.15, 0.2) is 16.6 Å². The van der Waals surface area contributed by atoms with Crippen molar-refractivity contribution in [1.29, 1.82) is 0 Å². The molecule has 1 atom stereocenters. The van der Waals surface area contributed by atoms with Gasteiger partial charge in [0.2, 0.25) is 0 Å². The van der Waals surface area contributed by atoms with Gasteiger partial charge in [-0.15, -0.1) is 0 Å². The van der Waals surface area contributed by atoms with Crippen LogP contribution in [0.25, 0.3) is 0 Å². The Bertz CT molecular complexity index is 430. The molecule has 0 saturated carbocycles. The first kappa shape index (κ1) is 13.8. The van der Waals surface area contributed by atoms with Gasteiger partial charge in [0, 0.05) is 6.54 Å². The zero-order valence-corrected chi connectivity index (χ0v) is 10.1. The van der Waals surface area contributed by atoms with Crippen LogP contribution in [-0.2, 0) is 0 Å². The van der Waals surface area contributed by atoms with Gasteiger partial charge in [-0.1, -0.05) is 0 Å². The molecule has 1 rings (SSSR count). The smallest absolute Gasteiger partial charge is 0.295 e. The van der Waals surface area contributed by atoms with Gasteiger partial charge in [0.05, 0.1) is 28.2 Å². The molecular formula is C9H10BrFN2O4. The number of anilines is 1. The highest BCUT2D eigenvalue weighted by atomic mass is 79.9. The average molecular weight is 309 g/mol. The molecule has 8 heteroatoms. The van der Waals surface area contributed by atoms with E-state index >= 15 is 0 Å². The Labute approximate surface area is 104 Å². The fraction of sp³-hybridized carbons (Fsp3) is 0.333. The summed E-state index contributed by atoms with van der Waals surface area (Å²) in [6.07, 6.45) is -1.04. The minimum atomic E-state index is -1.04. The molecule has 17 heavy (non-hydrogen) atoms. The molecule has 6 nitrogen and oxygen atoms in total. The van der Waals surface area contributed by atoms with E-state index in [2.05, 4.69) is 21.2 Å². The van der Waals surface area contributed by atoms with Crippen LogP contribution in [0.3, 0.4) is 0 Å². The van der Waals surface area contributed by atoms with Gasteiger partial charge in [-0.2, -0.15) is 0 Å². The normalized spacial score (nSPS) is 12.2. The van der Waals surface area contributed by atoms with Crippen molar-refractivity contribution in [3.63, 3.8) is 0 Å². The van der Waals surface area contributed by atoms with Crippen LogP contribution in [0.1, 0.15) is 0 Å². The summed E-state index contributed by atoms with van der Waals surface area (Å²) in [5.41, 5.74) is -0.369. The molecule has 0 aromatic heterocycles. The molecule has 0 aliphatic rings. The second-order valence-corrected chi connectivity index (χ2v) is 4.11. The van der Waals surface area contributed by atoms with Gasteiger partial charge in [0.1, 0.15) is 11.5 Å². The van der Waals surface area contributed by atoms with Crippen molar-refractivity contribution in [1.82, 2.24) is 0 Å². The Morgan fingerprint density at radius 3 is 2.76 bits per heavy atom. The van der Waals surface area contributed by atoms with Gasteiger partial charge >= 0.3 is 0 Å². The molecule has 0 bridgehead atoms. The fourth-order valence-corrected chi connectivity index (χ4v) is 1.46. The first-order valence-electron chi connectivity index (χ1n) is 4.62. The van der Waals surface area contributed by atoms with Crippen molar-refractivity contribution in [3.8, 4) is 0 Å². The zero-order chi connectivity index (χ0) is 13.0. The van der Waals surface area contributed by atoms with Crippen LogP contribution in [0.4, 0.5) is 15.8 Å². The molecule has 0 radical (unpaired) electrons. The Balaban J connectivity index is 2.96. The second-order valence-electron chi connectivity index (χ2n) is 3.26. The van der Waals surface area contributed by atoms with Crippen LogP contribution in [0.5, 0.6) is 0 Å². The highest BCUT2D eigenvalue weighted by molar-refractivity contribution is 9.10. The summed E-state index contributed by atoms with van der Waals surface area (Å²) in [6, 6.07) is 1.98. The fourth-order valence-electron chi connectivity index (χ4n) is 1.12. The van der Waals surface area contributed by atoms with Crippen LogP contribution >= 0.6 is 15.9 Å². The molecule has 0 spiro atoms. The average Bonchev–Trinajstić information content (AvgIpc) is 2.29. The summed E-state index contributed by atoms with van der Waals surface area (Å²) in [4.78, 5) is 9.94. The molecule has 0 aliphatic heterocycles. The molecule has 0 heterocycles. The number of aliphatic hydroxyl groups excluding tert-OH is 2. The van der Waals surface area contributed by atoms with Crippen molar-refractivity contribution >= 4 is 27.3 Å². The molecule has 0 aliphatic carbocycles. The third kappa shape index (κ3) is 3.62. The number of nitrogens with one attached hydrogen (secondary N) is 1. The minimum Gasteiger partial charge on any atom is -0.394 e. The predicted molar refractivity (Wildman–Crippen MR) is 62.3 cm³/mol. The van der Waals surface area contributed by atoms with E-state index in [0.717, 1.165) is 6.07 Å². The minimum absolute atomic E-state index is 0.0655. The van der Waals surface area contributed by atoms with Crippen LogP contribution in [-0.4, -0.2) is 34.4 Å². The van der Waals surface area contributed by atoms with E-state index in [-0.39, 0.29) is 16.7 Å². The van der Waals surface area contributed by atoms with E-state index in [9.17, 15) is 14.5 Å². The zero-order valence-electron chi connectivity index (χ0n) is 8.56. The van der Waals surface area contributed by atoms with E-state index in [1.807, 2.05) is 0 Å². The monoisotopic (exact) mass is 308 g/mol. The van der Waals surface area contributed by atoms with Crippen molar-refractivity contribution in [2.75, 3.05) is 18.5 Å². The summed E-state index contributed by atoms with van der Waals surface area (Å²) in [5.74, 6) is -0.745. The number of nitro benzene ring substituents is 1. The third-order valence-electron chi connectivity index (χ3n) is 1.97. The summed E-state index contributed by atoms with van der Waals surface area (Å²) in [5, 5.41) is 30.9. The van der Waals surface area contributed by atoms with E-state index < -0.39 is 29.1 Å². The Morgan fingerprint density at radius 1 is 1.59 bits per heavy atom. The largest absolute Gasteiger partial charge is 0.394 e. The van der Waals surface area contributed by atoms with Crippen molar-refractivity contribution in [3.05, 3.63) is 32.5 Å². The van der Waals surface area contributed by atoms with Gasteiger partial charge in [-0.3, -0.25) is 10.1 Å². The van der Waals surface area contributed by atoms with Crippen LogP contribution < -0.4 is 5.32 Å². The van der Waals surface area contributed by atoms with Crippen molar-refractivity contribution in [2.45, 2.75) is 6.10 Å². The van der Waals surface area contributed by atoms with Crippen molar-refractivity contribution < 1.29 is 19.5 Å². The Hall–Kier alpha value is -1.25. The highest BCUT2D eigenvalue weighted by Gasteiger charge is 2.18. The standard InChI is InChI=1S/C9H10BrFN2O4/c10-6-1-8(12-3-5(15)4-14)9(13(16)17)2-7(6)11/h1-2,5,12,14-15H,3-4H2. The lowest BCUT2D eigenvalue weighted by atomic mass is 10.2. The Kier molecular flexibility index (Phi) is 4.79. The van der Waals surface area contributed by atoms with E-state index in [0.29, 0.717) is 0 Å². The van der Waals surface area contributed by atoms with Crippen LogP contribution in [0, 0.1) is 15.9 Å². The molecular weight excluding hydrogens is 299 g/mol. The van der Waals surface area contributed by atoms with Gasteiger partial charge in [-0.25, -0.2) is 4.39 Å². The van der Waals surface area contributed by atoms with E-state index in [1.165, 1.54) is 6.07 Å². The number of nitro groups is 1. The topological polar surface area (TPSA) is 95.6 Å². The van der Waals surface area contributed by atoms with E-state index in [4.69, 9.17) is 10.2 Å².